The lowest BCUT2D eigenvalue weighted by molar-refractivity contribution is 0.463. The van der Waals surface area contributed by atoms with Crippen molar-refractivity contribution in [2.24, 2.45) is 0 Å². The Balaban J connectivity index is 0.000000279. The number of alkyl halides is 3. The minimum absolute atomic E-state index is 0.0146. The quantitative estimate of drug-likeness (QED) is 0.288. The molecule has 3 aromatic rings. The Bertz CT molecular complexity index is 836. The fourth-order valence-electron chi connectivity index (χ4n) is 2.08. The summed E-state index contributed by atoms with van der Waals surface area (Å²) in [6.07, 6.45) is 0. The molecule has 0 fully saturated rings. The Kier molecular flexibility index (Phi) is 8.04. The van der Waals surface area contributed by atoms with E-state index in [1.807, 2.05) is 0 Å². The van der Waals surface area contributed by atoms with Crippen LogP contribution < -0.4 is 0 Å². The molecule has 0 aliphatic heterocycles. The molecule has 3 rings (SSSR count). The lowest BCUT2D eigenvalue weighted by atomic mass is 10.4. The van der Waals surface area contributed by atoms with Crippen LogP contribution in [0, 0.1) is 0 Å². The van der Waals surface area contributed by atoms with Crippen molar-refractivity contribution >= 4 is 55.8 Å². The molecule has 0 atom stereocenters. The Morgan fingerprint density at radius 2 is 0.852 bits per heavy atom. The van der Waals surface area contributed by atoms with Gasteiger partial charge in [-0.3, -0.25) is 0 Å². The van der Waals surface area contributed by atoms with Crippen LogP contribution in [0.1, 0.15) is 0 Å². The van der Waals surface area contributed by atoms with Gasteiger partial charge in [-0.1, -0.05) is 89.4 Å². The Morgan fingerprint density at radius 1 is 0.630 bits per heavy atom. The summed E-state index contributed by atoms with van der Waals surface area (Å²) in [6, 6.07) is 32.2. The number of hydrogen-bond acceptors (Lipinski definition) is 3. The van der Waals surface area contributed by atoms with Gasteiger partial charge < -0.3 is 4.55 Å². The maximum atomic E-state index is 9.70. The molecule has 142 valence electrons. The summed E-state index contributed by atoms with van der Waals surface area (Å²) in [5.41, 5.74) is 0. The first-order chi connectivity index (χ1) is 12.7. The van der Waals surface area contributed by atoms with Gasteiger partial charge >= 0.3 is 0 Å². The minimum Gasteiger partial charge on any atom is -0.745 e. The molecule has 0 saturated carbocycles. The third-order valence-corrected chi connectivity index (χ3v) is 7.72. The monoisotopic (exact) mass is 460 g/mol. The predicted octanol–water partition coefficient (Wildman–Crippen LogP) is 5.64. The lowest BCUT2D eigenvalue weighted by Crippen LogP contribution is -2.17. The summed E-state index contributed by atoms with van der Waals surface area (Å²) in [4.78, 5) is 4.08. The van der Waals surface area contributed by atoms with Crippen LogP contribution in [0.2, 0.25) is 0 Å². The zero-order valence-electron chi connectivity index (χ0n) is 13.8. The zero-order valence-corrected chi connectivity index (χ0v) is 17.7. The van der Waals surface area contributed by atoms with Crippen molar-refractivity contribution in [3.63, 3.8) is 0 Å². The second-order valence-corrected chi connectivity index (χ2v) is 11.6. The molecule has 0 amide bonds. The summed E-state index contributed by atoms with van der Waals surface area (Å²) < 4.78 is 26.4. The smallest absolute Gasteiger partial charge is 0.280 e. The molecule has 0 bridgehead atoms. The highest BCUT2D eigenvalue weighted by Crippen LogP contribution is 2.31. The fraction of sp³-hybridized carbons (Fsp3) is 0.0526. The molecular formula is C19H15Cl3O3S2. The molecule has 0 radical (unpaired) electrons. The molecule has 0 heterocycles. The van der Waals surface area contributed by atoms with E-state index in [1.165, 1.54) is 14.7 Å². The van der Waals surface area contributed by atoms with Crippen LogP contribution in [-0.4, -0.2) is 16.1 Å². The SMILES string of the molecule is O=S(=O)([O-])C(Cl)(Cl)Cl.c1ccc([S+](c2ccccc2)c2ccccc2)cc1. The zero-order chi connectivity index (χ0) is 19.9. The first-order valence-corrected chi connectivity index (χ1v) is 11.4. The first-order valence-electron chi connectivity index (χ1n) is 7.62. The lowest BCUT2D eigenvalue weighted by Gasteiger charge is -2.13. The van der Waals surface area contributed by atoms with Crippen LogP contribution in [0.5, 0.6) is 0 Å². The number of hydrogen-bond donors (Lipinski definition) is 0. The van der Waals surface area contributed by atoms with E-state index < -0.39 is 13.2 Å². The highest BCUT2D eigenvalue weighted by Gasteiger charge is 2.28. The van der Waals surface area contributed by atoms with E-state index >= 15 is 0 Å². The summed E-state index contributed by atoms with van der Waals surface area (Å²) in [5, 5.41) is 0. The molecule has 3 nitrogen and oxygen atoms in total. The van der Waals surface area contributed by atoms with Gasteiger partial charge in [0.1, 0.15) is 10.1 Å². The van der Waals surface area contributed by atoms with Crippen LogP contribution in [0.25, 0.3) is 0 Å². The van der Waals surface area contributed by atoms with Gasteiger partial charge in [0.25, 0.3) is 3.12 Å². The maximum Gasteiger partial charge on any atom is 0.280 e. The van der Waals surface area contributed by atoms with Crippen molar-refractivity contribution in [1.82, 2.24) is 0 Å². The summed E-state index contributed by atoms with van der Waals surface area (Å²) in [5.74, 6) is 0. The molecular weight excluding hydrogens is 447 g/mol. The molecule has 0 N–H and O–H groups in total. The molecule has 0 unspecified atom stereocenters. The summed E-state index contributed by atoms with van der Waals surface area (Å²) >= 11 is 13.9. The largest absolute Gasteiger partial charge is 0.745 e. The van der Waals surface area contributed by atoms with E-state index in [-0.39, 0.29) is 10.9 Å². The van der Waals surface area contributed by atoms with Crippen molar-refractivity contribution in [1.29, 1.82) is 0 Å². The van der Waals surface area contributed by atoms with Crippen molar-refractivity contribution in [3.8, 4) is 0 Å². The number of halogens is 3. The highest BCUT2D eigenvalue weighted by molar-refractivity contribution is 7.97. The van der Waals surface area contributed by atoms with E-state index in [0.29, 0.717) is 0 Å². The van der Waals surface area contributed by atoms with Crippen molar-refractivity contribution in [2.45, 2.75) is 17.8 Å². The van der Waals surface area contributed by atoms with E-state index in [1.54, 1.807) is 0 Å². The summed E-state index contributed by atoms with van der Waals surface area (Å²) in [7, 11) is -4.81. The molecule has 0 aliphatic rings. The number of benzene rings is 3. The van der Waals surface area contributed by atoms with Crippen LogP contribution in [0.15, 0.2) is 106 Å². The van der Waals surface area contributed by atoms with Gasteiger partial charge in [-0.2, -0.15) is 0 Å². The van der Waals surface area contributed by atoms with Gasteiger partial charge in [0.2, 0.25) is 0 Å². The first kappa shape index (κ1) is 22.1. The van der Waals surface area contributed by atoms with Gasteiger partial charge in [-0.25, -0.2) is 8.42 Å². The standard InChI is InChI=1S/C18H15S.CHCl3O3S/c1-4-10-16(11-5-1)19(17-12-6-2-7-13-17)18-14-8-3-9-15-18;2-1(3,4)8(5,6)7/h1-15H;(H,5,6,7)/q+1;/p-1. The Labute approximate surface area is 177 Å². The number of rotatable bonds is 3. The second-order valence-electron chi connectivity index (χ2n) is 5.15. The van der Waals surface area contributed by atoms with E-state index in [4.69, 9.17) is 0 Å². The Hall–Kier alpha value is -1.21. The average Bonchev–Trinajstić information content (AvgIpc) is 2.64. The topological polar surface area (TPSA) is 57.2 Å². The van der Waals surface area contributed by atoms with Gasteiger partial charge in [0, 0.05) is 0 Å². The molecule has 0 saturated heterocycles. The third kappa shape index (κ3) is 6.71. The second kappa shape index (κ2) is 9.82. The molecule has 0 spiro atoms. The van der Waals surface area contributed by atoms with Gasteiger partial charge in [0.05, 0.1) is 10.9 Å². The van der Waals surface area contributed by atoms with Gasteiger partial charge in [0.15, 0.2) is 14.7 Å². The minimum atomic E-state index is -4.79. The fourth-order valence-corrected chi connectivity index (χ4v) is 4.18. The van der Waals surface area contributed by atoms with Crippen LogP contribution in [0.4, 0.5) is 0 Å². The normalized spacial score (nSPS) is 11.6. The van der Waals surface area contributed by atoms with E-state index in [9.17, 15) is 13.0 Å². The van der Waals surface area contributed by atoms with Crippen molar-refractivity contribution in [2.75, 3.05) is 0 Å². The van der Waals surface area contributed by atoms with Crippen molar-refractivity contribution in [3.05, 3.63) is 91.0 Å². The maximum absolute atomic E-state index is 9.70. The Morgan fingerprint density at radius 3 is 1.04 bits per heavy atom. The molecule has 27 heavy (non-hydrogen) atoms. The van der Waals surface area contributed by atoms with Crippen LogP contribution >= 0.6 is 34.8 Å². The third-order valence-electron chi connectivity index (χ3n) is 3.22. The molecule has 8 heteroatoms. The molecule has 0 aliphatic carbocycles. The summed E-state index contributed by atoms with van der Waals surface area (Å²) in [6.45, 7) is 0. The molecule has 0 aromatic heterocycles. The van der Waals surface area contributed by atoms with E-state index in [2.05, 4.69) is 126 Å². The highest BCUT2D eigenvalue weighted by atomic mass is 35.6. The van der Waals surface area contributed by atoms with Crippen molar-refractivity contribution < 1.29 is 13.0 Å². The van der Waals surface area contributed by atoms with E-state index in [0.717, 1.165) is 0 Å². The van der Waals surface area contributed by atoms with Gasteiger partial charge in [-0.05, 0) is 36.4 Å². The average molecular weight is 462 g/mol. The van der Waals surface area contributed by atoms with Crippen LogP contribution in [-0.2, 0) is 21.0 Å². The molecule has 3 aromatic carbocycles. The van der Waals surface area contributed by atoms with Gasteiger partial charge in [-0.15, -0.1) is 0 Å². The predicted molar refractivity (Wildman–Crippen MR) is 111 cm³/mol. The van der Waals surface area contributed by atoms with Crippen LogP contribution in [0.3, 0.4) is 0 Å².